The second-order valence-electron chi connectivity index (χ2n) is 6.16. The summed E-state index contributed by atoms with van der Waals surface area (Å²) in [6, 6.07) is -0.0903. The van der Waals surface area contributed by atoms with Gasteiger partial charge in [0, 0.05) is 6.54 Å². The van der Waals surface area contributed by atoms with Gasteiger partial charge in [-0.15, -0.1) is 0 Å². The van der Waals surface area contributed by atoms with Crippen LogP contribution in [0.1, 0.15) is 27.7 Å². The Morgan fingerprint density at radius 3 is 2.47 bits per heavy atom. The van der Waals surface area contributed by atoms with E-state index < -0.39 is 5.41 Å². The maximum atomic E-state index is 11.9. The Morgan fingerprint density at radius 2 is 1.94 bits per heavy atom. The van der Waals surface area contributed by atoms with Gasteiger partial charge in [0.25, 0.3) is 0 Å². The highest BCUT2D eigenvalue weighted by Crippen LogP contribution is 2.45. The fourth-order valence-electron chi connectivity index (χ4n) is 2.77. The van der Waals surface area contributed by atoms with Crippen LogP contribution in [0.25, 0.3) is 0 Å². The molecule has 4 unspecified atom stereocenters. The maximum Gasteiger partial charge on any atom is 0.225 e. The van der Waals surface area contributed by atoms with Crippen LogP contribution in [0.2, 0.25) is 0 Å². The van der Waals surface area contributed by atoms with Gasteiger partial charge >= 0.3 is 0 Å². The number of carbonyl (C=O) groups is 1. The molecule has 0 spiro atoms. The molecule has 0 bridgehead atoms. The molecule has 0 aromatic heterocycles. The van der Waals surface area contributed by atoms with Crippen LogP contribution < -0.4 is 11.1 Å². The van der Waals surface area contributed by atoms with Crippen molar-refractivity contribution in [2.45, 2.75) is 45.9 Å². The molecule has 2 aliphatic heterocycles. The summed E-state index contributed by atoms with van der Waals surface area (Å²) >= 11 is 0. The number of ether oxygens (including phenoxy) is 2. The Balaban J connectivity index is 2.32. The molecule has 1 amide bonds. The monoisotopic (exact) mass is 242 g/mol. The minimum Gasteiger partial charge on any atom is -0.369 e. The first kappa shape index (κ1) is 12.8. The number of amides is 1. The lowest BCUT2D eigenvalue weighted by atomic mass is 9.62. The summed E-state index contributed by atoms with van der Waals surface area (Å²) in [4.78, 5) is 11.9. The normalized spacial score (nSPS) is 36.6. The Morgan fingerprint density at radius 1 is 1.29 bits per heavy atom. The third kappa shape index (κ3) is 1.77. The molecule has 0 radical (unpaired) electrons. The van der Waals surface area contributed by atoms with Gasteiger partial charge in [-0.05, 0) is 12.3 Å². The summed E-state index contributed by atoms with van der Waals surface area (Å²) in [6.07, 6.45) is -0.0345. The number of primary amides is 1. The van der Waals surface area contributed by atoms with E-state index in [9.17, 15) is 4.79 Å². The van der Waals surface area contributed by atoms with Crippen LogP contribution in [0.15, 0.2) is 0 Å². The highest BCUT2D eigenvalue weighted by atomic mass is 16.7. The van der Waals surface area contributed by atoms with Gasteiger partial charge in [0.05, 0.1) is 11.5 Å². The maximum absolute atomic E-state index is 11.9. The zero-order chi connectivity index (χ0) is 12.8. The van der Waals surface area contributed by atoms with E-state index in [1.807, 2.05) is 27.7 Å². The van der Waals surface area contributed by atoms with Gasteiger partial charge < -0.3 is 20.5 Å². The molecular formula is C12H22N2O3. The Kier molecular flexibility index (Phi) is 2.96. The third-order valence-electron chi connectivity index (χ3n) is 4.47. The number of carbonyl (C=O) groups excluding carboxylic acids is 1. The van der Waals surface area contributed by atoms with Crippen molar-refractivity contribution < 1.29 is 14.3 Å². The zero-order valence-corrected chi connectivity index (χ0v) is 10.9. The minimum atomic E-state index is -0.667. The largest absolute Gasteiger partial charge is 0.369 e. The van der Waals surface area contributed by atoms with Crippen LogP contribution >= 0.6 is 0 Å². The second kappa shape index (κ2) is 3.93. The highest BCUT2D eigenvalue weighted by Gasteiger charge is 2.57. The Labute approximate surface area is 102 Å². The molecule has 5 nitrogen and oxygen atoms in total. The molecule has 98 valence electrons. The topological polar surface area (TPSA) is 73.6 Å². The lowest BCUT2D eigenvalue weighted by Crippen LogP contribution is -2.59. The summed E-state index contributed by atoms with van der Waals surface area (Å²) in [5.74, 6) is -0.293. The summed E-state index contributed by atoms with van der Waals surface area (Å²) in [6.45, 7) is 9.03. The van der Waals surface area contributed by atoms with E-state index in [4.69, 9.17) is 15.2 Å². The second-order valence-corrected chi connectivity index (χ2v) is 6.16. The Hall–Kier alpha value is -0.650. The number of rotatable bonds is 2. The van der Waals surface area contributed by atoms with Crippen molar-refractivity contribution in [3.05, 3.63) is 0 Å². The van der Waals surface area contributed by atoms with E-state index in [0.717, 1.165) is 0 Å². The molecule has 0 saturated carbocycles. The van der Waals surface area contributed by atoms with Crippen LogP contribution in [0, 0.1) is 10.8 Å². The van der Waals surface area contributed by atoms with Crippen LogP contribution in [-0.4, -0.2) is 37.5 Å². The van der Waals surface area contributed by atoms with Gasteiger partial charge in [-0.2, -0.15) is 0 Å². The van der Waals surface area contributed by atoms with Crippen molar-refractivity contribution in [2.24, 2.45) is 16.6 Å². The molecule has 5 heteroatoms. The molecule has 4 atom stereocenters. The lowest BCUT2D eigenvalue weighted by molar-refractivity contribution is -0.138. The van der Waals surface area contributed by atoms with Crippen LogP contribution in [-0.2, 0) is 14.3 Å². The van der Waals surface area contributed by atoms with Gasteiger partial charge in [0.1, 0.15) is 19.0 Å². The van der Waals surface area contributed by atoms with E-state index in [-0.39, 0.29) is 29.6 Å². The van der Waals surface area contributed by atoms with Gasteiger partial charge in [0.2, 0.25) is 5.91 Å². The zero-order valence-electron chi connectivity index (χ0n) is 10.9. The number of fused-ring (bicyclic) bond motifs is 1. The quantitative estimate of drug-likeness (QED) is 0.727. The summed E-state index contributed by atoms with van der Waals surface area (Å²) in [7, 11) is 0. The van der Waals surface area contributed by atoms with E-state index in [2.05, 4.69) is 5.32 Å². The molecule has 17 heavy (non-hydrogen) atoms. The summed E-state index contributed by atoms with van der Waals surface area (Å²) in [5, 5.41) is 3.34. The number of hydrogen-bond donors (Lipinski definition) is 2. The van der Waals surface area contributed by atoms with Crippen molar-refractivity contribution in [3.63, 3.8) is 0 Å². The number of nitrogens with two attached hydrogens (primary N) is 1. The van der Waals surface area contributed by atoms with Gasteiger partial charge in [-0.3, -0.25) is 4.79 Å². The molecular weight excluding hydrogens is 220 g/mol. The van der Waals surface area contributed by atoms with Gasteiger partial charge in [-0.25, -0.2) is 0 Å². The minimum absolute atomic E-state index is 0.0426. The Bertz CT molecular complexity index is 326. The predicted molar refractivity (Wildman–Crippen MR) is 63.2 cm³/mol. The van der Waals surface area contributed by atoms with Crippen LogP contribution in [0.4, 0.5) is 0 Å². The van der Waals surface area contributed by atoms with Gasteiger partial charge in [0.15, 0.2) is 0 Å². The molecule has 0 aromatic rings. The SMILES string of the molecule is CC(C)(C)C(C)(C(N)=O)C1NCC2OCOC21. The first-order chi connectivity index (χ1) is 7.78. The molecule has 2 fully saturated rings. The fraction of sp³-hybridized carbons (Fsp3) is 0.917. The fourth-order valence-corrected chi connectivity index (χ4v) is 2.77. The molecule has 3 N–H and O–H groups in total. The van der Waals surface area contributed by atoms with Gasteiger partial charge in [-0.1, -0.05) is 20.8 Å². The highest BCUT2D eigenvalue weighted by molar-refractivity contribution is 5.82. The third-order valence-corrected chi connectivity index (χ3v) is 4.47. The van der Waals surface area contributed by atoms with E-state index in [0.29, 0.717) is 13.3 Å². The van der Waals surface area contributed by atoms with E-state index in [1.54, 1.807) is 0 Å². The molecule has 0 aromatic carbocycles. The van der Waals surface area contributed by atoms with Crippen molar-refractivity contribution >= 4 is 5.91 Å². The molecule has 2 saturated heterocycles. The van der Waals surface area contributed by atoms with Crippen LogP contribution in [0.5, 0.6) is 0 Å². The first-order valence-electron chi connectivity index (χ1n) is 6.05. The smallest absolute Gasteiger partial charge is 0.225 e. The average Bonchev–Trinajstić information content (AvgIpc) is 2.74. The number of nitrogens with one attached hydrogen (secondary N) is 1. The molecule has 2 aliphatic rings. The first-order valence-corrected chi connectivity index (χ1v) is 6.05. The standard InChI is InChI=1S/C12H22N2O3/c1-11(2,3)12(4,10(13)15)9-8-7(5-14-9)16-6-17-8/h7-9,14H,5-6H2,1-4H3,(H2,13,15). The molecule has 0 aliphatic carbocycles. The van der Waals surface area contributed by atoms with Crippen molar-refractivity contribution in [2.75, 3.05) is 13.3 Å². The predicted octanol–water partition coefficient (Wildman–Crippen LogP) is 0.237. The summed E-state index contributed by atoms with van der Waals surface area (Å²) in [5.41, 5.74) is 4.74. The van der Waals surface area contributed by atoms with Crippen molar-refractivity contribution in [1.29, 1.82) is 0 Å². The van der Waals surface area contributed by atoms with E-state index >= 15 is 0 Å². The molecule has 2 rings (SSSR count). The number of hydrogen-bond acceptors (Lipinski definition) is 4. The van der Waals surface area contributed by atoms with E-state index in [1.165, 1.54) is 0 Å². The average molecular weight is 242 g/mol. The molecule has 2 heterocycles. The van der Waals surface area contributed by atoms with Crippen molar-refractivity contribution in [3.8, 4) is 0 Å². The van der Waals surface area contributed by atoms with Crippen LogP contribution in [0.3, 0.4) is 0 Å². The summed E-state index contributed by atoms with van der Waals surface area (Å²) < 4.78 is 11.0. The van der Waals surface area contributed by atoms with Crippen molar-refractivity contribution in [1.82, 2.24) is 5.32 Å². The lowest BCUT2D eigenvalue weighted by Gasteiger charge is -2.45.